The van der Waals surface area contributed by atoms with Crippen molar-refractivity contribution in [2.24, 2.45) is 5.92 Å². The molecule has 35 heavy (non-hydrogen) atoms. The summed E-state index contributed by atoms with van der Waals surface area (Å²) in [5.41, 5.74) is 0.427. The van der Waals surface area contributed by atoms with E-state index in [1.807, 2.05) is 79.7 Å². The summed E-state index contributed by atoms with van der Waals surface area (Å²) in [6.07, 6.45) is 0.638. The number of amides is 3. The van der Waals surface area contributed by atoms with Gasteiger partial charge in [-0.3, -0.25) is 9.59 Å². The lowest BCUT2D eigenvalue weighted by Crippen LogP contribution is -2.61. The van der Waals surface area contributed by atoms with Crippen LogP contribution < -0.4 is 10.6 Å². The Bertz CT molecular complexity index is 856. The van der Waals surface area contributed by atoms with Gasteiger partial charge >= 0.3 is 6.09 Å². The summed E-state index contributed by atoms with van der Waals surface area (Å²) in [5.74, 6) is -0.725. The molecule has 0 fully saturated rings. The number of hydrogen-bond donors (Lipinski definition) is 2. The molecule has 0 saturated carbocycles. The van der Waals surface area contributed by atoms with Gasteiger partial charge in [-0.05, 0) is 73.3 Å². The van der Waals surface area contributed by atoms with Crippen LogP contribution >= 0.6 is 0 Å². The number of nitrogens with one attached hydrogen (secondary N) is 2. The van der Waals surface area contributed by atoms with E-state index in [0.717, 1.165) is 11.1 Å². The van der Waals surface area contributed by atoms with Crippen molar-refractivity contribution in [1.82, 2.24) is 15.5 Å². The van der Waals surface area contributed by atoms with Gasteiger partial charge in [0, 0.05) is 11.6 Å². The maximum absolute atomic E-state index is 14.3. The maximum atomic E-state index is 14.3. The van der Waals surface area contributed by atoms with E-state index in [4.69, 9.17) is 4.74 Å². The van der Waals surface area contributed by atoms with Crippen LogP contribution in [-0.2, 0) is 14.3 Å². The topological polar surface area (TPSA) is 87.7 Å². The van der Waals surface area contributed by atoms with Crippen molar-refractivity contribution < 1.29 is 19.1 Å². The number of hydrogen-bond acceptors (Lipinski definition) is 4. The maximum Gasteiger partial charge on any atom is 0.408 e. The van der Waals surface area contributed by atoms with Crippen molar-refractivity contribution in [3.63, 3.8) is 0 Å². The Labute approximate surface area is 212 Å². The summed E-state index contributed by atoms with van der Waals surface area (Å²) < 4.78 is 5.46. The van der Waals surface area contributed by atoms with Gasteiger partial charge in [-0.15, -0.1) is 0 Å². The molecule has 0 saturated heterocycles. The van der Waals surface area contributed by atoms with Crippen LogP contribution in [0.3, 0.4) is 0 Å². The molecule has 198 valence electrons. The molecule has 3 amide bonds. The first-order chi connectivity index (χ1) is 16.0. The number of carbonyl (C=O) groups excluding carboxylic acids is 3. The summed E-state index contributed by atoms with van der Waals surface area (Å²) in [5, 5.41) is 5.81. The number of carbonyl (C=O) groups is 3. The highest BCUT2D eigenvalue weighted by Crippen LogP contribution is 2.33. The van der Waals surface area contributed by atoms with Gasteiger partial charge in [0.2, 0.25) is 11.8 Å². The van der Waals surface area contributed by atoms with Crippen LogP contribution in [0.1, 0.15) is 99.2 Å². The van der Waals surface area contributed by atoms with E-state index in [1.54, 1.807) is 25.7 Å². The molecule has 3 atom stereocenters. The number of nitrogens with zero attached hydrogens (tertiary/aromatic N) is 1. The molecule has 0 aliphatic carbocycles. The van der Waals surface area contributed by atoms with E-state index < -0.39 is 29.3 Å². The van der Waals surface area contributed by atoms with Crippen LogP contribution in [0.15, 0.2) is 24.3 Å². The molecular formula is C28H47N3O4. The summed E-state index contributed by atoms with van der Waals surface area (Å²) in [6.45, 7) is 20.9. The number of benzene rings is 1. The quantitative estimate of drug-likeness (QED) is 0.453. The molecule has 0 aliphatic heterocycles. The van der Waals surface area contributed by atoms with Crippen LogP contribution in [0.4, 0.5) is 4.79 Å². The van der Waals surface area contributed by atoms with E-state index in [-0.39, 0.29) is 23.8 Å². The van der Waals surface area contributed by atoms with Gasteiger partial charge in [-0.25, -0.2) is 4.79 Å². The Kier molecular flexibility index (Phi) is 10.8. The fourth-order valence-corrected chi connectivity index (χ4v) is 3.74. The van der Waals surface area contributed by atoms with Crippen molar-refractivity contribution in [3.8, 4) is 0 Å². The molecule has 3 unspecified atom stereocenters. The largest absolute Gasteiger partial charge is 0.444 e. The molecule has 0 bridgehead atoms. The third kappa shape index (κ3) is 8.86. The Morgan fingerprint density at radius 2 is 1.49 bits per heavy atom. The Morgan fingerprint density at radius 3 is 1.91 bits per heavy atom. The number of aryl methyl sites for hydroxylation is 1. The van der Waals surface area contributed by atoms with Crippen LogP contribution in [-0.4, -0.2) is 46.0 Å². The summed E-state index contributed by atoms with van der Waals surface area (Å²) in [7, 11) is 0. The predicted molar refractivity (Wildman–Crippen MR) is 141 cm³/mol. The highest BCUT2D eigenvalue weighted by atomic mass is 16.6. The van der Waals surface area contributed by atoms with Crippen molar-refractivity contribution in [3.05, 3.63) is 35.4 Å². The fourth-order valence-electron chi connectivity index (χ4n) is 3.74. The number of ether oxygens (including phenoxy) is 1. The Hall–Kier alpha value is -2.57. The second-order valence-corrected chi connectivity index (χ2v) is 11.4. The minimum absolute atomic E-state index is 0.0950. The minimum Gasteiger partial charge on any atom is -0.444 e. The summed E-state index contributed by atoms with van der Waals surface area (Å²) in [6, 6.07) is 5.88. The Morgan fingerprint density at radius 1 is 0.943 bits per heavy atom. The second kappa shape index (κ2) is 12.4. The lowest BCUT2D eigenvalue weighted by atomic mass is 9.89. The molecule has 0 aromatic heterocycles. The molecule has 0 spiro atoms. The van der Waals surface area contributed by atoms with Gasteiger partial charge < -0.3 is 20.3 Å². The molecule has 7 nitrogen and oxygen atoms in total. The number of rotatable bonds is 10. The fraction of sp³-hybridized carbons (Fsp3) is 0.679. The van der Waals surface area contributed by atoms with E-state index in [1.165, 1.54) is 0 Å². The smallest absolute Gasteiger partial charge is 0.408 e. The molecule has 7 heteroatoms. The van der Waals surface area contributed by atoms with Crippen LogP contribution in [0.25, 0.3) is 0 Å². The van der Waals surface area contributed by atoms with Gasteiger partial charge in [0.25, 0.3) is 0 Å². The molecular weight excluding hydrogens is 442 g/mol. The monoisotopic (exact) mass is 489 g/mol. The zero-order valence-corrected chi connectivity index (χ0v) is 23.6. The van der Waals surface area contributed by atoms with Crippen molar-refractivity contribution >= 4 is 17.9 Å². The molecule has 0 aliphatic rings. The second-order valence-electron chi connectivity index (χ2n) is 11.4. The highest BCUT2D eigenvalue weighted by molar-refractivity contribution is 5.93. The van der Waals surface area contributed by atoms with Crippen LogP contribution in [0, 0.1) is 12.8 Å². The average molecular weight is 490 g/mol. The number of alkyl carbamates (subject to hydrolysis) is 1. The van der Waals surface area contributed by atoms with Crippen LogP contribution in [0.5, 0.6) is 0 Å². The SMILES string of the molecule is CCC(C)C(NC(=O)OC(C)(C)C)C(=O)N(C(C(=O)NC(C)C)c1ccc(C)cc1)C(C)(C)CC. The van der Waals surface area contributed by atoms with Gasteiger partial charge in [-0.1, -0.05) is 57.0 Å². The molecule has 2 N–H and O–H groups in total. The average Bonchev–Trinajstić information content (AvgIpc) is 2.73. The van der Waals surface area contributed by atoms with Crippen molar-refractivity contribution in [2.45, 2.75) is 118 Å². The summed E-state index contributed by atoms with van der Waals surface area (Å²) >= 11 is 0. The molecule has 0 heterocycles. The zero-order valence-electron chi connectivity index (χ0n) is 23.6. The van der Waals surface area contributed by atoms with Crippen LogP contribution in [0.2, 0.25) is 0 Å². The molecule has 1 aromatic rings. The minimum atomic E-state index is -0.854. The van der Waals surface area contributed by atoms with Gasteiger partial charge in [0.05, 0.1) is 0 Å². The highest BCUT2D eigenvalue weighted by Gasteiger charge is 2.44. The lowest BCUT2D eigenvalue weighted by Gasteiger charge is -2.45. The predicted octanol–water partition coefficient (Wildman–Crippen LogP) is 5.52. The first-order valence-electron chi connectivity index (χ1n) is 12.7. The molecule has 1 aromatic carbocycles. The van der Waals surface area contributed by atoms with Crippen molar-refractivity contribution in [2.75, 3.05) is 0 Å². The first-order valence-corrected chi connectivity index (χ1v) is 12.7. The third-order valence-corrected chi connectivity index (χ3v) is 6.24. The van der Waals surface area contributed by atoms with E-state index in [9.17, 15) is 14.4 Å². The standard InChI is InChI=1S/C28H47N3O4/c1-12-20(6)22(30-26(34)35-27(7,8)9)25(33)31(28(10,11)13-2)23(24(32)29-18(3)4)21-16-14-19(5)15-17-21/h14-18,20,22-23H,12-13H2,1-11H3,(H,29,32)(H,30,34). The van der Waals surface area contributed by atoms with Gasteiger partial charge in [-0.2, -0.15) is 0 Å². The summed E-state index contributed by atoms with van der Waals surface area (Å²) in [4.78, 5) is 42.3. The molecule has 1 rings (SSSR count). The molecule has 0 radical (unpaired) electrons. The third-order valence-electron chi connectivity index (χ3n) is 6.24. The van der Waals surface area contributed by atoms with E-state index in [2.05, 4.69) is 10.6 Å². The van der Waals surface area contributed by atoms with E-state index >= 15 is 0 Å². The Balaban J connectivity index is 3.64. The van der Waals surface area contributed by atoms with Gasteiger partial charge in [0.15, 0.2) is 0 Å². The van der Waals surface area contributed by atoms with Crippen molar-refractivity contribution in [1.29, 1.82) is 0 Å². The zero-order chi connectivity index (χ0) is 27.1. The lowest BCUT2D eigenvalue weighted by molar-refractivity contribution is -0.150. The van der Waals surface area contributed by atoms with E-state index in [0.29, 0.717) is 12.8 Å². The normalized spacial score (nSPS) is 14.6. The van der Waals surface area contributed by atoms with Gasteiger partial charge in [0.1, 0.15) is 17.7 Å². The first kappa shape index (κ1) is 30.5.